The van der Waals surface area contributed by atoms with Crippen LogP contribution in [-0.2, 0) is 18.3 Å². The van der Waals surface area contributed by atoms with Crippen LogP contribution in [0.1, 0.15) is 12.2 Å². The molecule has 0 radical (unpaired) electrons. The first-order valence-electron chi connectivity index (χ1n) is 7.10. The molecule has 0 spiro atoms. The Hall–Kier alpha value is -2.08. The molecule has 0 aliphatic heterocycles. The number of nitrogens with zero attached hydrogens (tertiary/aromatic N) is 3. The van der Waals surface area contributed by atoms with Gasteiger partial charge in [0.1, 0.15) is 5.82 Å². The number of hydrogen-bond acceptors (Lipinski definition) is 3. The van der Waals surface area contributed by atoms with Crippen molar-refractivity contribution in [3.63, 3.8) is 0 Å². The molecule has 21 heavy (non-hydrogen) atoms. The van der Waals surface area contributed by atoms with Crippen molar-refractivity contribution in [2.75, 3.05) is 27.3 Å². The molecule has 0 atom stereocenters. The molecule has 0 fully saturated rings. The zero-order chi connectivity index (χ0) is 15.1. The third kappa shape index (κ3) is 3.95. The van der Waals surface area contributed by atoms with E-state index >= 15 is 0 Å². The topological polar surface area (TPSA) is 63.5 Å². The number of para-hydroxylation sites is 2. The van der Waals surface area contributed by atoms with Crippen molar-refractivity contribution in [2.24, 2.45) is 12.0 Å². The van der Waals surface area contributed by atoms with Gasteiger partial charge in [-0.1, -0.05) is 12.1 Å². The molecular formula is C15H23N5O. The average molecular weight is 289 g/mol. The lowest BCUT2D eigenvalue weighted by molar-refractivity contribution is 0.195. The van der Waals surface area contributed by atoms with Crippen molar-refractivity contribution in [1.29, 1.82) is 0 Å². The summed E-state index contributed by atoms with van der Waals surface area (Å²) in [7, 11) is 5.50. The fourth-order valence-corrected chi connectivity index (χ4v) is 2.16. The molecular weight excluding hydrogens is 266 g/mol. The molecule has 1 aromatic heterocycles. The first kappa shape index (κ1) is 15.3. The molecule has 114 valence electrons. The molecule has 0 saturated heterocycles. The van der Waals surface area contributed by atoms with E-state index in [1.807, 2.05) is 25.2 Å². The Morgan fingerprint density at radius 3 is 2.86 bits per heavy atom. The summed E-state index contributed by atoms with van der Waals surface area (Å²) in [6.07, 6.45) is 0.948. The fraction of sp³-hybridized carbons (Fsp3) is 0.467. The standard InChI is InChI=1S/C15H23N5O/c1-16-15(17-9-6-10-21-3)18-11-14-19-12-7-4-5-8-13(12)20(14)2/h4-5,7-8H,6,9-11H2,1-3H3,(H2,16,17,18). The molecule has 0 bridgehead atoms. The number of benzene rings is 1. The smallest absolute Gasteiger partial charge is 0.191 e. The van der Waals surface area contributed by atoms with Gasteiger partial charge in [-0.25, -0.2) is 4.98 Å². The van der Waals surface area contributed by atoms with E-state index in [2.05, 4.69) is 31.2 Å². The van der Waals surface area contributed by atoms with E-state index in [0.29, 0.717) is 6.54 Å². The van der Waals surface area contributed by atoms with Crippen molar-refractivity contribution in [3.8, 4) is 0 Å². The molecule has 6 nitrogen and oxygen atoms in total. The third-order valence-corrected chi connectivity index (χ3v) is 3.34. The molecule has 6 heteroatoms. The number of fused-ring (bicyclic) bond motifs is 1. The first-order chi connectivity index (χ1) is 10.3. The summed E-state index contributed by atoms with van der Waals surface area (Å²) in [6, 6.07) is 8.13. The number of nitrogens with one attached hydrogen (secondary N) is 2. The Morgan fingerprint density at radius 1 is 1.33 bits per heavy atom. The van der Waals surface area contributed by atoms with Gasteiger partial charge in [0, 0.05) is 34.4 Å². The van der Waals surface area contributed by atoms with Gasteiger partial charge in [-0.05, 0) is 18.6 Å². The lowest BCUT2D eigenvalue weighted by Crippen LogP contribution is -2.38. The minimum Gasteiger partial charge on any atom is -0.385 e. The highest BCUT2D eigenvalue weighted by atomic mass is 16.5. The zero-order valence-electron chi connectivity index (χ0n) is 12.9. The number of rotatable bonds is 6. The van der Waals surface area contributed by atoms with Crippen molar-refractivity contribution < 1.29 is 4.74 Å². The van der Waals surface area contributed by atoms with Crippen LogP contribution in [0.25, 0.3) is 11.0 Å². The molecule has 2 aromatic rings. The maximum absolute atomic E-state index is 5.02. The fourth-order valence-electron chi connectivity index (χ4n) is 2.16. The summed E-state index contributed by atoms with van der Waals surface area (Å²) in [5.41, 5.74) is 2.15. The van der Waals surface area contributed by atoms with Crippen LogP contribution in [0, 0.1) is 0 Å². The average Bonchev–Trinajstić information content (AvgIpc) is 2.83. The Bertz CT molecular complexity index is 605. The molecule has 0 aliphatic rings. The summed E-state index contributed by atoms with van der Waals surface area (Å²) in [5, 5.41) is 6.53. The molecule has 1 aromatic carbocycles. The van der Waals surface area contributed by atoms with Crippen LogP contribution >= 0.6 is 0 Å². The minimum atomic E-state index is 0.634. The van der Waals surface area contributed by atoms with E-state index < -0.39 is 0 Å². The van der Waals surface area contributed by atoms with E-state index in [1.165, 1.54) is 0 Å². The van der Waals surface area contributed by atoms with Gasteiger partial charge in [0.25, 0.3) is 0 Å². The van der Waals surface area contributed by atoms with E-state index in [1.54, 1.807) is 14.2 Å². The van der Waals surface area contributed by atoms with Crippen LogP contribution in [0.3, 0.4) is 0 Å². The lowest BCUT2D eigenvalue weighted by atomic mass is 10.3. The summed E-state index contributed by atoms with van der Waals surface area (Å²) >= 11 is 0. The molecule has 2 rings (SSSR count). The second-order valence-corrected chi connectivity index (χ2v) is 4.77. The van der Waals surface area contributed by atoms with E-state index in [9.17, 15) is 0 Å². The van der Waals surface area contributed by atoms with Crippen LogP contribution in [0.5, 0.6) is 0 Å². The number of aromatic nitrogens is 2. The number of imidazole rings is 1. The van der Waals surface area contributed by atoms with Gasteiger partial charge >= 0.3 is 0 Å². The lowest BCUT2D eigenvalue weighted by Gasteiger charge is -2.11. The highest BCUT2D eigenvalue weighted by molar-refractivity contribution is 5.80. The SMILES string of the molecule is CN=C(NCCCOC)NCc1nc2ccccc2n1C. The van der Waals surface area contributed by atoms with Gasteiger partial charge in [-0.3, -0.25) is 4.99 Å². The van der Waals surface area contributed by atoms with Crippen LogP contribution in [0.2, 0.25) is 0 Å². The van der Waals surface area contributed by atoms with Crippen molar-refractivity contribution in [3.05, 3.63) is 30.1 Å². The maximum atomic E-state index is 5.02. The third-order valence-electron chi connectivity index (χ3n) is 3.34. The zero-order valence-corrected chi connectivity index (χ0v) is 12.9. The largest absolute Gasteiger partial charge is 0.385 e. The monoisotopic (exact) mass is 289 g/mol. The van der Waals surface area contributed by atoms with Crippen molar-refractivity contribution in [2.45, 2.75) is 13.0 Å². The van der Waals surface area contributed by atoms with Crippen LogP contribution in [-0.4, -0.2) is 42.8 Å². The molecule has 0 saturated carbocycles. The molecule has 0 unspecified atom stereocenters. The number of guanidine groups is 1. The van der Waals surface area contributed by atoms with Gasteiger partial charge in [0.2, 0.25) is 0 Å². The first-order valence-corrected chi connectivity index (χ1v) is 7.10. The second kappa shape index (κ2) is 7.64. The van der Waals surface area contributed by atoms with Crippen molar-refractivity contribution in [1.82, 2.24) is 20.2 Å². The van der Waals surface area contributed by atoms with E-state index in [4.69, 9.17) is 4.74 Å². The summed E-state index contributed by atoms with van der Waals surface area (Å²) in [5.74, 6) is 1.76. The van der Waals surface area contributed by atoms with Gasteiger partial charge < -0.3 is 19.9 Å². The molecule has 2 N–H and O–H groups in total. The number of hydrogen-bond donors (Lipinski definition) is 2. The van der Waals surface area contributed by atoms with Crippen LogP contribution in [0.4, 0.5) is 0 Å². The van der Waals surface area contributed by atoms with Gasteiger partial charge in [-0.15, -0.1) is 0 Å². The summed E-state index contributed by atoms with van der Waals surface area (Å²) < 4.78 is 7.12. The number of methoxy groups -OCH3 is 1. The summed E-state index contributed by atoms with van der Waals surface area (Å²) in [4.78, 5) is 8.83. The van der Waals surface area contributed by atoms with Gasteiger partial charge in [0.05, 0.1) is 17.6 Å². The Balaban J connectivity index is 1.92. The Labute approximate surface area is 125 Å². The second-order valence-electron chi connectivity index (χ2n) is 4.77. The number of aliphatic imine (C=N–C) groups is 1. The predicted octanol–water partition coefficient (Wildman–Crippen LogP) is 1.27. The Kier molecular flexibility index (Phi) is 5.57. The number of aryl methyl sites for hydroxylation is 1. The van der Waals surface area contributed by atoms with Crippen LogP contribution in [0.15, 0.2) is 29.3 Å². The predicted molar refractivity (Wildman–Crippen MR) is 85.4 cm³/mol. The molecule has 1 heterocycles. The van der Waals surface area contributed by atoms with Crippen molar-refractivity contribution >= 4 is 17.0 Å². The van der Waals surface area contributed by atoms with Gasteiger partial charge in [-0.2, -0.15) is 0 Å². The molecule has 0 aliphatic carbocycles. The highest BCUT2D eigenvalue weighted by Gasteiger charge is 2.07. The maximum Gasteiger partial charge on any atom is 0.191 e. The van der Waals surface area contributed by atoms with E-state index in [-0.39, 0.29) is 0 Å². The van der Waals surface area contributed by atoms with E-state index in [0.717, 1.165) is 42.4 Å². The van der Waals surface area contributed by atoms with Gasteiger partial charge in [0.15, 0.2) is 5.96 Å². The Morgan fingerprint density at radius 2 is 2.14 bits per heavy atom. The molecule has 0 amide bonds. The minimum absolute atomic E-state index is 0.634. The quantitative estimate of drug-likeness (QED) is 0.478. The summed E-state index contributed by atoms with van der Waals surface area (Å²) in [6.45, 7) is 2.21. The number of ether oxygens (including phenoxy) is 1. The van der Waals surface area contributed by atoms with Crippen LogP contribution < -0.4 is 10.6 Å². The highest BCUT2D eigenvalue weighted by Crippen LogP contribution is 2.13. The normalized spacial score (nSPS) is 11.9.